The van der Waals surface area contributed by atoms with Crippen LogP contribution in [0, 0.1) is 5.92 Å². The number of nitrogens with one attached hydrogen (secondary N) is 2. The summed E-state index contributed by atoms with van der Waals surface area (Å²) in [6, 6.07) is 0.492. The van der Waals surface area contributed by atoms with Gasteiger partial charge in [0.1, 0.15) is 0 Å². The molecule has 1 saturated carbocycles. The number of hydrogen-bond acceptors (Lipinski definition) is 3. The summed E-state index contributed by atoms with van der Waals surface area (Å²) in [5, 5.41) is 15.3. The third-order valence-electron chi connectivity index (χ3n) is 3.16. The predicted molar refractivity (Wildman–Crippen MR) is 64.1 cm³/mol. The molecule has 4 heteroatoms. The highest BCUT2D eigenvalue weighted by atomic mass is 16.3. The van der Waals surface area contributed by atoms with Crippen LogP contribution in [-0.4, -0.2) is 36.2 Å². The van der Waals surface area contributed by atoms with E-state index in [9.17, 15) is 9.90 Å². The Morgan fingerprint density at radius 1 is 1.38 bits per heavy atom. The molecule has 0 aliphatic heterocycles. The lowest BCUT2D eigenvalue weighted by Gasteiger charge is -2.31. The average Bonchev–Trinajstić information content (AvgIpc) is 2.27. The molecular weight excluding hydrogens is 204 g/mol. The van der Waals surface area contributed by atoms with Crippen LogP contribution < -0.4 is 10.6 Å². The van der Waals surface area contributed by atoms with Crippen LogP contribution >= 0.6 is 0 Å². The Morgan fingerprint density at radius 3 is 2.69 bits per heavy atom. The molecule has 1 aliphatic rings. The largest absolute Gasteiger partial charge is 0.396 e. The van der Waals surface area contributed by atoms with E-state index in [0.717, 1.165) is 19.3 Å². The monoisotopic (exact) mass is 228 g/mol. The second-order valence-corrected chi connectivity index (χ2v) is 4.94. The molecule has 0 saturated heterocycles. The van der Waals surface area contributed by atoms with Crippen LogP contribution in [0.1, 0.15) is 39.5 Å². The molecule has 1 fully saturated rings. The van der Waals surface area contributed by atoms with Gasteiger partial charge >= 0.3 is 0 Å². The van der Waals surface area contributed by atoms with E-state index >= 15 is 0 Å². The lowest BCUT2D eigenvalue weighted by molar-refractivity contribution is -0.121. The average molecular weight is 228 g/mol. The number of carbonyl (C=O) groups excluding carboxylic acids is 1. The third kappa shape index (κ3) is 4.49. The molecule has 2 atom stereocenters. The summed E-state index contributed by atoms with van der Waals surface area (Å²) in [6.07, 6.45) is 4.35. The highest BCUT2D eigenvalue weighted by molar-refractivity contribution is 5.78. The van der Waals surface area contributed by atoms with E-state index < -0.39 is 0 Å². The Morgan fingerprint density at radius 2 is 2.06 bits per heavy atom. The van der Waals surface area contributed by atoms with Gasteiger partial charge in [0.05, 0.1) is 6.54 Å². The minimum atomic E-state index is 0.0408. The molecule has 0 aromatic carbocycles. The molecular formula is C12H24N2O2. The summed E-state index contributed by atoms with van der Waals surface area (Å²) >= 11 is 0. The van der Waals surface area contributed by atoms with Crippen LogP contribution in [0.2, 0.25) is 0 Å². The molecule has 4 nitrogen and oxygen atoms in total. The maximum atomic E-state index is 11.6. The molecule has 0 aromatic heterocycles. The third-order valence-corrected chi connectivity index (χ3v) is 3.16. The number of aliphatic hydroxyl groups is 1. The highest BCUT2D eigenvalue weighted by Gasteiger charge is 2.25. The summed E-state index contributed by atoms with van der Waals surface area (Å²) in [7, 11) is 0. The smallest absolute Gasteiger partial charge is 0.234 e. The van der Waals surface area contributed by atoms with Gasteiger partial charge in [-0.2, -0.15) is 0 Å². The first kappa shape index (κ1) is 13.5. The molecule has 2 unspecified atom stereocenters. The molecule has 16 heavy (non-hydrogen) atoms. The van der Waals surface area contributed by atoms with Crippen LogP contribution in [-0.2, 0) is 4.79 Å². The Labute approximate surface area is 97.8 Å². The van der Waals surface area contributed by atoms with Crippen molar-refractivity contribution in [3.8, 4) is 0 Å². The van der Waals surface area contributed by atoms with Crippen molar-refractivity contribution in [1.82, 2.24) is 10.6 Å². The molecule has 0 radical (unpaired) electrons. The first-order valence-electron chi connectivity index (χ1n) is 6.27. The molecule has 1 amide bonds. The highest BCUT2D eigenvalue weighted by Crippen LogP contribution is 2.23. The van der Waals surface area contributed by atoms with E-state index in [1.165, 1.54) is 6.42 Å². The van der Waals surface area contributed by atoms with Gasteiger partial charge in [-0.15, -0.1) is 0 Å². The van der Waals surface area contributed by atoms with Crippen molar-refractivity contribution in [2.24, 2.45) is 5.92 Å². The Balaban J connectivity index is 2.30. The SMILES string of the molecule is CC(C)NCC(=O)NC1CCCCC1CO. The van der Waals surface area contributed by atoms with Crippen molar-refractivity contribution in [3.05, 3.63) is 0 Å². The zero-order valence-corrected chi connectivity index (χ0v) is 10.3. The number of carbonyl (C=O) groups is 1. The Bertz CT molecular complexity index is 219. The summed E-state index contributed by atoms with van der Waals surface area (Å²) < 4.78 is 0. The summed E-state index contributed by atoms with van der Waals surface area (Å²) in [6.45, 7) is 4.59. The first-order chi connectivity index (χ1) is 7.63. The molecule has 1 rings (SSSR count). The van der Waals surface area contributed by atoms with Gasteiger partial charge in [0.15, 0.2) is 0 Å². The van der Waals surface area contributed by atoms with Crippen LogP contribution in [0.4, 0.5) is 0 Å². The van der Waals surface area contributed by atoms with Crippen LogP contribution in [0.3, 0.4) is 0 Å². The van der Waals surface area contributed by atoms with Gasteiger partial charge in [0.25, 0.3) is 0 Å². The van der Waals surface area contributed by atoms with Crippen molar-refractivity contribution in [1.29, 1.82) is 0 Å². The minimum absolute atomic E-state index is 0.0408. The molecule has 0 aromatic rings. The van der Waals surface area contributed by atoms with Gasteiger partial charge in [-0.05, 0) is 12.8 Å². The van der Waals surface area contributed by atoms with E-state index in [0.29, 0.717) is 12.6 Å². The topological polar surface area (TPSA) is 61.4 Å². The minimum Gasteiger partial charge on any atom is -0.396 e. The van der Waals surface area contributed by atoms with E-state index in [-0.39, 0.29) is 24.5 Å². The van der Waals surface area contributed by atoms with Crippen molar-refractivity contribution in [2.45, 2.75) is 51.6 Å². The molecule has 0 heterocycles. The first-order valence-corrected chi connectivity index (χ1v) is 6.27. The van der Waals surface area contributed by atoms with Crippen molar-refractivity contribution in [3.63, 3.8) is 0 Å². The number of rotatable bonds is 5. The van der Waals surface area contributed by atoms with Crippen molar-refractivity contribution in [2.75, 3.05) is 13.2 Å². The zero-order chi connectivity index (χ0) is 12.0. The molecule has 3 N–H and O–H groups in total. The molecule has 0 spiro atoms. The summed E-state index contributed by atoms with van der Waals surface area (Å²) in [5.74, 6) is 0.288. The summed E-state index contributed by atoms with van der Waals surface area (Å²) in [5.41, 5.74) is 0. The van der Waals surface area contributed by atoms with Gasteiger partial charge in [-0.3, -0.25) is 4.79 Å². The maximum Gasteiger partial charge on any atom is 0.234 e. The normalized spacial score (nSPS) is 25.8. The lowest BCUT2D eigenvalue weighted by Crippen LogP contribution is -2.47. The number of aliphatic hydroxyl groups excluding tert-OH is 1. The maximum absolute atomic E-state index is 11.6. The number of amides is 1. The van der Waals surface area contributed by atoms with Crippen molar-refractivity contribution >= 4 is 5.91 Å². The second kappa shape index (κ2) is 6.86. The quantitative estimate of drug-likeness (QED) is 0.647. The van der Waals surface area contributed by atoms with Crippen molar-refractivity contribution < 1.29 is 9.90 Å². The van der Waals surface area contributed by atoms with Gasteiger partial charge in [-0.1, -0.05) is 26.7 Å². The fraction of sp³-hybridized carbons (Fsp3) is 0.917. The zero-order valence-electron chi connectivity index (χ0n) is 10.3. The van der Waals surface area contributed by atoms with E-state index in [4.69, 9.17) is 0 Å². The Hall–Kier alpha value is -0.610. The second-order valence-electron chi connectivity index (χ2n) is 4.94. The van der Waals surface area contributed by atoms with Gasteiger partial charge in [0.2, 0.25) is 5.91 Å². The van der Waals surface area contributed by atoms with Crippen LogP contribution in [0.15, 0.2) is 0 Å². The molecule has 1 aliphatic carbocycles. The van der Waals surface area contributed by atoms with Gasteiger partial charge in [0, 0.05) is 24.6 Å². The fourth-order valence-corrected chi connectivity index (χ4v) is 2.17. The number of hydrogen-bond donors (Lipinski definition) is 3. The lowest BCUT2D eigenvalue weighted by atomic mass is 9.85. The van der Waals surface area contributed by atoms with Crippen LogP contribution in [0.5, 0.6) is 0 Å². The fourth-order valence-electron chi connectivity index (χ4n) is 2.17. The predicted octanol–water partition coefficient (Wildman–Crippen LogP) is 0.652. The van der Waals surface area contributed by atoms with E-state index in [1.54, 1.807) is 0 Å². The van der Waals surface area contributed by atoms with Gasteiger partial charge < -0.3 is 15.7 Å². The Kier molecular flexibility index (Phi) is 5.77. The van der Waals surface area contributed by atoms with E-state index in [2.05, 4.69) is 10.6 Å². The molecule has 0 bridgehead atoms. The standard InChI is InChI=1S/C12H24N2O2/c1-9(2)13-7-12(16)14-11-6-4-3-5-10(11)8-15/h9-11,13,15H,3-8H2,1-2H3,(H,14,16). The van der Waals surface area contributed by atoms with E-state index in [1.807, 2.05) is 13.8 Å². The van der Waals surface area contributed by atoms with Crippen LogP contribution in [0.25, 0.3) is 0 Å². The summed E-state index contributed by atoms with van der Waals surface area (Å²) in [4.78, 5) is 11.6. The molecule has 94 valence electrons. The van der Waals surface area contributed by atoms with Gasteiger partial charge in [-0.25, -0.2) is 0 Å².